The predicted molar refractivity (Wildman–Crippen MR) is 41.4 cm³/mol. The summed E-state index contributed by atoms with van der Waals surface area (Å²) >= 11 is 0. The normalized spacial score (nSPS) is 13.7. The van der Waals surface area contributed by atoms with E-state index in [-0.39, 0.29) is 13.2 Å². The molecule has 0 aliphatic heterocycles. The molecule has 0 bridgehead atoms. The summed E-state index contributed by atoms with van der Waals surface area (Å²) < 4.78 is 69.5. The van der Waals surface area contributed by atoms with Crippen molar-refractivity contribution in [3.8, 4) is 0 Å². The third kappa shape index (κ3) is 3.17. The summed E-state index contributed by atoms with van der Waals surface area (Å²) in [5.41, 5.74) is -4.85. The van der Waals surface area contributed by atoms with E-state index >= 15 is 0 Å². The zero-order valence-electron chi connectivity index (χ0n) is 7.70. The van der Waals surface area contributed by atoms with Crippen LogP contribution in [-0.2, 0) is 8.85 Å². The van der Waals surface area contributed by atoms with E-state index in [1.165, 1.54) is 13.8 Å². The SMILES string of the molecule is CCO[SiH](OCC)C(F)(F)C(F)(F)F. The number of hydrogen-bond acceptors (Lipinski definition) is 2. The maximum Gasteiger partial charge on any atom is 0.454 e. The van der Waals surface area contributed by atoms with Gasteiger partial charge in [-0.3, -0.25) is 0 Å². The van der Waals surface area contributed by atoms with Gasteiger partial charge in [0.05, 0.1) is 0 Å². The fraction of sp³-hybridized carbons (Fsp3) is 1.00. The van der Waals surface area contributed by atoms with E-state index < -0.39 is 21.0 Å². The standard InChI is InChI=1S/C6H11F5O2Si/c1-3-12-14(13-4-2)6(10,11)5(7,8)9/h14H,3-4H2,1-2H3. The molecule has 0 atom stereocenters. The van der Waals surface area contributed by atoms with Crippen LogP contribution in [-0.4, -0.2) is 34.2 Å². The molecule has 0 aromatic carbocycles. The summed E-state index contributed by atoms with van der Waals surface area (Å²) in [6.45, 7) is 2.24. The van der Waals surface area contributed by atoms with E-state index in [1.807, 2.05) is 0 Å². The summed E-state index contributed by atoms with van der Waals surface area (Å²) in [5, 5.41) is 0. The fourth-order valence-electron chi connectivity index (χ4n) is 0.694. The molecule has 14 heavy (non-hydrogen) atoms. The smallest absolute Gasteiger partial charge is 0.393 e. The van der Waals surface area contributed by atoms with Crippen molar-refractivity contribution in [3.63, 3.8) is 0 Å². The molecule has 0 amide bonds. The minimum atomic E-state index is -5.60. The average Bonchev–Trinajstić information content (AvgIpc) is 2.02. The lowest BCUT2D eigenvalue weighted by atomic mass is 10.7. The van der Waals surface area contributed by atoms with E-state index in [0.29, 0.717) is 0 Å². The van der Waals surface area contributed by atoms with Gasteiger partial charge in [-0.1, -0.05) is 0 Å². The van der Waals surface area contributed by atoms with Gasteiger partial charge in [0.2, 0.25) is 0 Å². The van der Waals surface area contributed by atoms with E-state index in [0.717, 1.165) is 0 Å². The Morgan fingerprint density at radius 3 is 1.50 bits per heavy atom. The zero-order chi connectivity index (χ0) is 11.4. The first-order valence-electron chi connectivity index (χ1n) is 3.95. The minimum absolute atomic E-state index is 0.220. The molecule has 0 aliphatic rings. The van der Waals surface area contributed by atoms with Crippen molar-refractivity contribution in [2.75, 3.05) is 13.2 Å². The Hall–Kier alpha value is -0.213. The Labute approximate surface area is 79.8 Å². The first-order chi connectivity index (χ1) is 6.27. The molecule has 2 nitrogen and oxygen atoms in total. The van der Waals surface area contributed by atoms with Crippen LogP contribution in [0.5, 0.6) is 0 Å². The van der Waals surface area contributed by atoms with Crippen LogP contribution in [0.1, 0.15) is 13.8 Å². The fourth-order valence-corrected chi connectivity index (χ4v) is 2.08. The Kier molecular flexibility index (Phi) is 4.96. The first kappa shape index (κ1) is 13.8. The molecule has 0 aromatic heterocycles. The molecular formula is C6H11F5O2Si. The van der Waals surface area contributed by atoms with Gasteiger partial charge >= 0.3 is 21.0 Å². The lowest BCUT2D eigenvalue weighted by molar-refractivity contribution is -0.255. The van der Waals surface area contributed by atoms with E-state index in [2.05, 4.69) is 8.85 Å². The minimum Gasteiger partial charge on any atom is -0.393 e. The molecule has 0 spiro atoms. The molecule has 0 aliphatic carbocycles. The van der Waals surface area contributed by atoms with Gasteiger partial charge in [-0.2, -0.15) is 22.0 Å². The molecular weight excluding hydrogens is 227 g/mol. The second-order valence-electron chi connectivity index (χ2n) is 2.36. The molecule has 0 heterocycles. The van der Waals surface area contributed by atoms with Crippen molar-refractivity contribution < 1.29 is 30.8 Å². The van der Waals surface area contributed by atoms with Gasteiger partial charge in [0.15, 0.2) is 0 Å². The summed E-state index contributed by atoms with van der Waals surface area (Å²) in [7, 11) is -4.03. The van der Waals surface area contributed by atoms with Crippen molar-refractivity contribution in [3.05, 3.63) is 0 Å². The Bertz CT molecular complexity index is 166. The summed E-state index contributed by atoms with van der Waals surface area (Å²) in [4.78, 5) is 0. The second-order valence-corrected chi connectivity index (χ2v) is 4.42. The molecule has 0 unspecified atom stereocenters. The van der Waals surface area contributed by atoms with Gasteiger partial charge in [0.1, 0.15) is 0 Å². The van der Waals surface area contributed by atoms with Crippen LogP contribution in [0.2, 0.25) is 0 Å². The lowest BCUT2D eigenvalue weighted by Crippen LogP contribution is -2.53. The Morgan fingerprint density at radius 2 is 1.29 bits per heavy atom. The van der Waals surface area contributed by atoms with Crippen LogP contribution in [0, 0.1) is 0 Å². The van der Waals surface area contributed by atoms with E-state index in [9.17, 15) is 22.0 Å². The van der Waals surface area contributed by atoms with Crippen molar-refractivity contribution in [1.82, 2.24) is 0 Å². The summed E-state index contributed by atoms with van der Waals surface area (Å²) in [5.74, 6) is 0. The summed E-state index contributed by atoms with van der Waals surface area (Å²) in [6.07, 6.45) is -5.60. The molecule has 0 radical (unpaired) electrons. The highest BCUT2D eigenvalue weighted by atomic mass is 28.3. The quantitative estimate of drug-likeness (QED) is 0.539. The maximum absolute atomic E-state index is 12.7. The molecule has 0 fully saturated rings. The van der Waals surface area contributed by atoms with Crippen LogP contribution in [0.4, 0.5) is 22.0 Å². The number of alkyl halides is 5. The van der Waals surface area contributed by atoms with E-state index in [1.54, 1.807) is 0 Å². The number of hydrogen-bond donors (Lipinski definition) is 0. The van der Waals surface area contributed by atoms with Crippen LogP contribution >= 0.6 is 0 Å². The number of rotatable bonds is 5. The van der Waals surface area contributed by atoms with Crippen LogP contribution in [0.25, 0.3) is 0 Å². The largest absolute Gasteiger partial charge is 0.454 e. The van der Waals surface area contributed by atoms with Crippen LogP contribution < -0.4 is 0 Å². The van der Waals surface area contributed by atoms with Crippen LogP contribution in [0.15, 0.2) is 0 Å². The van der Waals surface area contributed by atoms with Gasteiger partial charge in [-0.15, -0.1) is 0 Å². The van der Waals surface area contributed by atoms with Crippen molar-refractivity contribution in [1.29, 1.82) is 0 Å². The van der Waals surface area contributed by atoms with Gasteiger partial charge in [-0.05, 0) is 13.8 Å². The maximum atomic E-state index is 12.7. The number of halogens is 5. The average molecular weight is 238 g/mol. The Balaban J connectivity index is 4.61. The molecule has 0 N–H and O–H groups in total. The third-order valence-electron chi connectivity index (χ3n) is 1.31. The van der Waals surface area contributed by atoms with Gasteiger partial charge in [-0.25, -0.2) is 0 Å². The molecule has 0 saturated carbocycles. The lowest BCUT2D eigenvalue weighted by Gasteiger charge is -2.25. The molecule has 0 saturated heterocycles. The highest BCUT2D eigenvalue weighted by molar-refractivity contribution is 6.47. The summed E-state index contributed by atoms with van der Waals surface area (Å²) in [6, 6.07) is 0. The highest BCUT2D eigenvalue weighted by Crippen LogP contribution is 2.37. The monoisotopic (exact) mass is 238 g/mol. The van der Waals surface area contributed by atoms with E-state index in [4.69, 9.17) is 0 Å². The highest BCUT2D eigenvalue weighted by Gasteiger charge is 2.65. The van der Waals surface area contributed by atoms with Gasteiger partial charge < -0.3 is 8.85 Å². The second kappa shape index (κ2) is 5.03. The molecule has 8 heteroatoms. The van der Waals surface area contributed by atoms with Crippen LogP contribution in [0.3, 0.4) is 0 Å². The molecule has 0 rings (SSSR count). The topological polar surface area (TPSA) is 18.5 Å². The van der Waals surface area contributed by atoms with Crippen molar-refractivity contribution >= 4 is 9.28 Å². The van der Waals surface area contributed by atoms with Crippen molar-refractivity contribution in [2.24, 2.45) is 0 Å². The van der Waals surface area contributed by atoms with Gasteiger partial charge in [0, 0.05) is 13.2 Å². The first-order valence-corrected chi connectivity index (χ1v) is 5.47. The Morgan fingerprint density at radius 1 is 0.929 bits per heavy atom. The van der Waals surface area contributed by atoms with Crippen molar-refractivity contribution in [2.45, 2.75) is 25.6 Å². The molecule has 86 valence electrons. The third-order valence-corrected chi connectivity index (χ3v) is 3.50. The zero-order valence-corrected chi connectivity index (χ0v) is 8.85. The molecule has 0 aromatic rings. The van der Waals surface area contributed by atoms with Gasteiger partial charge in [0.25, 0.3) is 0 Å². The predicted octanol–water partition coefficient (Wildman–Crippen LogP) is 2.02.